The van der Waals surface area contributed by atoms with E-state index in [1.165, 1.54) is 22.2 Å². The summed E-state index contributed by atoms with van der Waals surface area (Å²) in [6, 6.07) is 17.1. The minimum Gasteiger partial charge on any atom is -0.497 e. The first-order valence-corrected chi connectivity index (χ1v) is 10.5. The van der Waals surface area contributed by atoms with E-state index in [-0.39, 0.29) is 18.0 Å². The van der Waals surface area contributed by atoms with E-state index in [1.807, 2.05) is 66.9 Å². The van der Waals surface area contributed by atoms with Gasteiger partial charge in [0.15, 0.2) is 0 Å². The van der Waals surface area contributed by atoms with Gasteiger partial charge in [-0.2, -0.15) is 0 Å². The quantitative estimate of drug-likeness (QED) is 0.470. The highest BCUT2D eigenvalue weighted by Crippen LogP contribution is 2.31. The van der Waals surface area contributed by atoms with Crippen LogP contribution < -0.4 is 15.2 Å². The molecule has 0 bridgehead atoms. The van der Waals surface area contributed by atoms with Crippen molar-refractivity contribution in [3.05, 3.63) is 76.7 Å². The molecule has 0 fully saturated rings. The molecule has 0 aliphatic rings. The van der Waals surface area contributed by atoms with Crippen LogP contribution in [-0.2, 0) is 11.3 Å². The average Bonchev–Trinajstić information content (AvgIpc) is 3.22. The molecular formula is C23H21N3O3S. The lowest BCUT2D eigenvalue weighted by atomic mass is 10.1. The number of anilines is 1. The lowest BCUT2D eigenvalue weighted by Gasteiger charge is -2.21. The molecular weight excluding hydrogens is 398 g/mol. The highest BCUT2D eigenvalue weighted by atomic mass is 32.1. The van der Waals surface area contributed by atoms with E-state index in [0.717, 1.165) is 22.6 Å². The number of benzene rings is 2. The number of ether oxygens (including phenoxy) is 1. The molecule has 0 aliphatic heterocycles. The molecule has 30 heavy (non-hydrogen) atoms. The van der Waals surface area contributed by atoms with Gasteiger partial charge < -0.3 is 9.64 Å². The van der Waals surface area contributed by atoms with Gasteiger partial charge in [0.2, 0.25) is 5.91 Å². The summed E-state index contributed by atoms with van der Waals surface area (Å²) in [5.74, 6) is 0.616. The molecule has 0 radical (unpaired) electrons. The molecule has 0 saturated heterocycles. The Morgan fingerprint density at radius 3 is 2.53 bits per heavy atom. The molecule has 2 aromatic heterocycles. The van der Waals surface area contributed by atoms with E-state index < -0.39 is 0 Å². The molecule has 152 valence electrons. The van der Waals surface area contributed by atoms with Crippen molar-refractivity contribution in [1.29, 1.82) is 0 Å². The SMILES string of the molecule is CCN(C(=O)Cn1cnc2c(-c3ccc(OC)cc3)csc2c1=O)c1ccccc1. The normalized spacial score (nSPS) is 10.9. The summed E-state index contributed by atoms with van der Waals surface area (Å²) in [7, 11) is 1.62. The Bertz CT molecular complexity index is 1230. The molecule has 2 aromatic carbocycles. The zero-order valence-electron chi connectivity index (χ0n) is 16.7. The zero-order chi connectivity index (χ0) is 21.1. The summed E-state index contributed by atoms with van der Waals surface area (Å²) in [5, 5.41) is 1.93. The number of methoxy groups -OCH3 is 1. The molecule has 0 N–H and O–H groups in total. The number of rotatable bonds is 6. The fourth-order valence-corrected chi connectivity index (χ4v) is 4.35. The first-order valence-electron chi connectivity index (χ1n) is 9.59. The van der Waals surface area contributed by atoms with E-state index in [4.69, 9.17) is 4.74 Å². The summed E-state index contributed by atoms with van der Waals surface area (Å²) in [5.41, 5.74) is 3.11. The third kappa shape index (κ3) is 3.71. The van der Waals surface area contributed by atoms with Gasteiger partial charge >= 0.3 is 0 Å². The number of carbonyl (C=O) groups excluding carboxylic acids is 1. The van der Waals surface area contributed by atoms with E-state index in [0.29, 0.717) is 16.8 Å². The van der Waals surface area contributed by atoms with Gasteiger partial charge in [0.05, 0.1) is 19.0 Å². The lowest BCUT2D eigenvalue weighted by Crippen LogP contribution is -2.36. The maximum absolute atomic E-state index is 13.0. The summed E-state index contributed by atoms with van der Waals surface area (Å²) in [4.78, 5) is 32.0. The summed E-state index contributed by atoms with van der Waals surface area (Å²) in [6.45, 7) is 2.38. The molecule has 0 saturated carbocycles. The second-order valence-corrected chi connectivity index (χ2v) is 7.59. The van der Waals surface area contributed by atoms with Gasteiger partial charge in [-0.25, -0.2) is 4.98 Å². The number of para-hydroxylation sites is 1. The van der Waals surface area contributed by atoms with Gasteiger partial charge in [-0.1, -0.05) is 30.3 Å². The Hall–Kier alpha value is -3.45. The Balaban J connectivity index is 1.64. The minimum atomic E-state index is -0.206. The largest absolute Gasteiger partial charge is 0.497 e. The van der Waals surface area contributed by atoms with Crippen LogP contribution in [0.5, 0.6) is 5.75 Å². The molecule has 7 heteroatoms. The van der Waals surface area contributed by atoms with Gasteiger partial charge in [0, 0.05) is 23.2 Å². The number of aromatic nitrogens is 2. The van der Waals surface area contributed by atoms with E-state index in [1.54, 1.807) is 12.0 Å². The van der Waals surface area contributed by atoms with Crippen molar-refractivity contribution < 1.29 is 9.53 Å². The highest BCUT2D eigenvalue weighted by molar-refractivity contribution is 7.17. The van der Waals surface area contributed by atoms with Crippen LogP contribution in [0.15, 0.2) is 71.1 Å². The number of thiophene rings is 1. The first kappa shape index (κ1) is 19.8. The van der Waals surface area contributed by atoms with Crippen LogP contribution in [0.2, 0.25) is 0 Å². The van der Waals surface area contributed by atoms with Crippen LogP contribution in [0.4, 0.5) is 5.69 Å². The van der Waals surface area contributed by atoms with Crippen molar-refractivity contribution in [2.75, 3.05) is 18.6 Å². The molecule has 0 atom stereocenters. The first-order chi connectivity index (χ1) is 14.6. The molecule has 0 spiro atoms. The minimum absolute atomic E-state index is 0.0553. The van der Waals surface area contributed by atoms with Crippen molar-refractivity contribution in [1.82, 2.24) is 9.55 Å². The topological polar surface area (TPSA) is 64.4 Å². The van der Waals surface area contributed by atoms with E-state index in [9.17, 15) is 9.59 Å². The maximum Gasteiger partial charge on any atom is 0.271 e. The third-order valence-electron chi connectivity index (χ3n) is 4.94. The number of hydrogen-bond donors (Lipinski definition) is 0. The van der Waals surface area contributed by atoms with Crippen LogP contribution in [0.25, 0.3) is 21.3 Å². The van der Waals surface area contributed by atoms with Crippen molar-refractivity contribution in [2.45, 2.75) is 13.5 Å². The van der Waals surface area contributed by atoms with Crippen molar-refractivity contribution in [3.8, 4) is 16.9 Å². The van der Waals surface area contributed by atoms with Crippen LogP contribution in [-0.4, -0.2) is 29.1 Å². The van der Waals surface area contributed by atoms with Crippen LogP contribution in [0, 0.1) is 0 Å². The Morgan fingerprint density at radius 2 is 1.87 bits per heavy atom. The van der Waals surface area contributed by atoms with Gasteiger partial charge in [0.1, 0.15) is 17.0 Å². The second kappa shape index (κ2) is 8.51. The predicted molar refractivity (Wildman–Crippen MR) is 120 cm³/mol. The van der Waals surface area contributed by atoms with Crippen LogP contribution >= 0.6 is 11.3 Å². The third-order valence-corrected chi connectivity index (χ3v) is 5.90. The van der Waals surface area contributed by atoms with Crippen LogP contribution in [0.3, 0.4) is 0 Å². The Morgan fingerprint density at radius 1 is 1.13 bits per heavy atom. The number of amides is 1. The number of carbonyl (C=O) groups is 1. The Labute approximate surface area is 178 Å². The maximum atomic E-state index is 13.0. The van der Waals surface area contributed by atoms with Gasteiger partial charge in [-0.05, 0) is 36.8 Å². The Kier molecular flexibility index (Phi) is 5.63. The molecule has 1 amide bonds. The van der Waals surface area contributed by atoms with Crippen molar-refractivity contribution in [3.63, 3.8) is 0 Å². The van der Waals surface area contributed by atoms with Gasteiger partial charge in [-0.3, -0.25) is 14.2 Å². The fraction of sp³-hybridized carbons (Fsp3) is 0.174. The molecule has 0 aliphatic carbocycles. The summed E-state index contributed by atoms with van der Waals surface area (Å²) >= 11 is 1.35. The van der Waals surface area contributed by atoms with E-state index >= 15 is 0 Å². The zero-order valence-corrected chi connectivity index (χ0v) is 17.6. The predicted octanol–water partition coefficient (Wildman–Crippen LogP) is 4.19. The summed E-state index contributed by atoms with van der Waals surface area (Å²) < 4.78 is 7.12. The van der Waals surface area contributed by atoms with Crippen molar-refractivity contribution in [2.24, 2.45) is 0 Å². The average molecular weight is 420 g/mol. The summed E-state index contributed by atoms with van der Waals surface area (Å²) in [6.07, 6.45) is 1.46. The molecule has 4 aromatic rings. The van der Waals surface area contributed by atoms with Crippen LogP contribution in [0.1, 0.15) is 6.92 Å². The number of likely N-dealkylation sites (N-methyl/N-ethyl adjacent to an activating group) is 1. The molecule has 0 unspecified atom stereocenters. The smallest absolute Gasteiger partial charge is 0.271 e. The van der Waals surface area contributed by atoms with Crippen molar-refractivity contribution >= 4 is 33.1 Å². The van der Waals surface area contributed by atoms with E-state index in [2.05, 4.69) is 4.98 Å². The molecule has 4 rings (SSSR count). The standard InChI is InChI=1S/C23H21N3O3S/c1-3-26(17-7-5-4-6-8-17)20(27)13-25-15-24-21-19(14-30-22(21)23(25)28)16-9-11-18(29-2)12-10-16/h4-12,14-15H,3,13H2,1-2H3. The molecule has 2 heterocycles. The fourth-order valence-electron chi connectivity index (χ4n) is 3.37. The lowest BCUT2D eigenvalue weighted by molar-refractivity contribution is -0.119. The number of fused-ring (bicyclic) bond motifs is 1. The van der Waals surface area contributed by atoms with Gasteiger partial charge in [0.25, 0.3) is 5.56 Å². The second-order valence-electron chi connectivity index (χ2n) is 6.71. The molecule has 6 nitrogen and oxygen atoms in total. The monoisotopic (exact) mass is 419 g/mol. The number of nitrogens with zero attached hydrogens (tertiary/aromatic N) is 3. The number of hydrogen-bond acceptors (Lipinski definition) is 5. The van der Waals surface area contributed by atoms with Gasteiger partial charge in [-0.15, -0.1) is 11.3 Å². The highest BCUT2D eigenvalue weighted by Gasteiger charge is 2.17.